The van der Waals surface area contributed by atoms with Crippen LogP contribution in [0.15, 0.2) is 54.6 Å². The van der Waals surface area contributed by atoms with Gasteiger partial charge in [-0.15, -0.1) is 0 Å². The van der Waals surface area contributed by atoms with Crippen molar-refractivity contribution >= 4 is 29.1 Å². The predicted molar refractivity (Wildman–Crippen MR) is 129 cm³/mol. The van der Waals surface area contributed by atoms with E-state index in [-0.39, 0.29) is 42.3 Å². The summed E-state index contributed by atoms with van der Waals surface area (Å²) in [6, 6.07) is 17.4. The molecule has 3 amide bonds. The average Bonchev–Trinajstić information content (AvgIpc) is 2.80. The molecular weight excluding hydrogens is 416 g/mol. The summed E-state index contributed by atoms with van der Waals surface area (Å²) in [5.74, 6) is -0.342. The minimum atomic E-state index is -0.255. The molecule has 7 nitrogen and oxygen atoms in total. The molecule has 2 aromatic rings. The fourth-order valence-electron chi connectivity index (χ4n) is 5.24. The Morgan fingerprint density at radius 1 is 1.00 bits per heavy atom. The molecule has 0 saturated carbocycles. The number of nitrogens with zero attached hydrogens (tertiary/aromatic N) is 3. The molecule has 2 N–H and O–H groups in total. The van der Waals surface area contributed by atoms with Crippen molar-refractivity contribution in [3.8, 4) is 0 Å². The maximum atomic E-state index is 13.8. The van der Waals surface area contributed by atoms with E-state index in [0.717, 1.165) is 16.9 Å². The number of nitrogens with two attached hydrogens (primary N) is 1. The van der Waals surface area contributed by atoms with Gasteiger partial charge in [0.1, 0.15) is 0 Å². The normalized spacial score (nSPS) is 21.3. The maximum Gasteiger partial charge on any atom is 0.241 e. The van der Waals surface area contributed by atoms with Gasteiger partial charge in [0.05, 0.1) is 12.6 Å². The quantitative estimate of drug-likeness (QED) is 0.762. The molecule has 0 radical (unpaired) electrons. The smallest absolute Gasteiger partial charge is 0.241 e. The molecule has 2 heterocycles. The highest BCUT2D eigenvalue weighted by atomic mass is 16.2. The van der Waals surface area contributed by atoms with Gasteiger partial charge in [-0.1, -0.05) is 36.4 Å². The highest BCUT2D eigenvalue weighted by Crippen LogP contribution is 2.42. The van der Waals surface area contributed by atoms with Crippen LogP contribution in [0.25, 0.3) is 0 Å². The molecule has 0 aromatic heterocycles. The highest BCUT2D eigenvalue weighted by Gasteiger charge is 2.38. The number of hydrogen-bond acceptors (Lipinski definition) is 4. The van der Waals surface area contributed by atoms with E-state index in [2.05, 4.69) is 4.90 Å². The van der Waals surface area contributed by atoms with E-state index in [1.165, 1.54) is 0 Å². The summed E-state index contributed by atoms with van der Waals surface area (Å²) < 4.78 is 0. The molecule has 33 heavy (non-hydrogen) atoms. The molecule has 2 aliphatic rings. The predicted octanol–water partition coefficient (Wildman–Crippen LogP) is 3.10. The largest absolute Gasteiger partial charge is 0.369 e. The number of amides is 3. The number of hydrogen-bond donors (Lipinski definition) is 1. The second-order valence-electron chi connectivity index (χ2n) is 9.10. The fourth-order valence-corrected chi connectivity index (χ4v) is 5.24. The lowest BCUT2D eigenvalue weighted by atomic mass is 9.89. The third-order valence-corrected chi connectivity index (χ3v) is 6.86. The Morgan fingerprint density at radius 3 is 2.27 bits per heavy atom. The van der Waals surface area contributed by atoms with Crippen LogP contribution in [0.3, 0.4) is 0 Å². The van der Waals surface area contributed by atoms with Gasteiger partial charge in [0.15, 0.2) is 0 Å². The zero-order valence-electron chi connectivity index (χ0n) is 19.3. The second-order valence-corrected chi connectivity index (χ2v) is 9.10. The van der Waals surface area contributed by atoms with Crippen LogP contribution in [0, 0.1) is 5.92 Å². The first-order chi connectivity index (χ1) is 15.9. The van der Waals surface area contributed by atoms with Gasteiger partial charge in [0, 0.05) is 30.3 Å². The summed E-state index contributed by atoms with van der Waals surface area (Å²) in [5.41, 5.74) is 8.16. The number of fused-ring (bicyclic) bond motifs is 1. The highest BCUT2D eigenvalue weighted by molar-refractivity contribution is 5.98. The van der Waals surface area contributed by atoms with Crippen molar-refractivity contribution in [3.05, 3.63) is 60.2 Å². The maximum absolute atomic E-state index is 13.8. The van der Waals surface area contributed by atoms with Crippen LogP contribution in [-0.4, -0.2) is 48.3 Å². The van der Waals surface area contributed by atoms with Crippen molar-refractivity contribution in [2.75, 3.05) is 29.4 Å². The van der Waals surface area contributed by atoms with Gasteiger partial charge < -0.3 is 15.5 Å². The minimum absolute atomic E-state index is 0.00306. The molecule has 2 atom stereocenters. The zero-order chi connectivity index (χ0) is 23.5. The molecule has 1 fully saturated rings. The molecule has 0 bridgehead atoms. The lowest BCUT2D eigenvalue weighted by Crippen LogP contribution is -2.50. The van der Waals surface area contributed by atoms with E-state index >= 15 is 0 Å². The third-order valence-electron chi connectivity index (χ3n) is 6.86. The van der Waals surface area contributed by atoms with E-state index in [0.29, 0.717) is 32.4 Å². The molecule has 2 aromatic carbocycles. The fraction of sp³-hybridized carbons (Fsp3) is 0.423. The standard InChI is InChI=1S/C26H32N4O3/c1-18-16-24(22-10-6-7-11-23(22)29(18)19(2)31)30(21-8-4-3-5-9-21)25(32)17-28-14-12-20(13-15-28)26(27)33/h3-11,18,20,24H,12-17H2,1-2H3,(H2,27,33)/t18-,24+/m0/s1. The summed E-state index contributed by atoms with van der Waals surface area (Å²) in [7, 11) is 0. The van der Waals surface area contributed by atoms with Gasteiger partial charge in [-0.2, -0.15) is 0 Å². The molecule has 0 aliphatic carbocycles. The van der Waals surface area contributed by atoms with Crippen LogP contribution in [0.4, 0.5) is 11.4 Å². The summed E-state index contributed by atoms with van der Waals surface area (Å²) in [6.45, 7) is 5.26. The summed E-state index contributed by atoms with van der Waals surface area (Å²) in [4.78, 5) is 43.5. The number of carbonyl (C=O) groups excluding carboxylic acids is 3. The number of para-hydroxylation sites is 2. The first kappa shape index (κ1) is 23.0. The average molecular weight is 449 g/mol. The minimum Gasteiger partial charge on any atom is -0.369 e. The molecular formula is C26H32N4O3. The Balaban J connectivity index is 1.64. The summed E-state index contributed by atoms with van der Waals surface area (Å²) in [5, 5.41) is 0. The van der Waals surface area contributed by atoms with Gasteiger partial charge in [0.2, 0.25) is 17.7 Å². The van der Waals surface area contributed by atoms with Gasteiger partial charge in [0.25, 0.3) is 0 Å². The van der Waals surface area contributed by atoms with E-state index in [9.17, 15) is 14.4 Å². The summed E-state index contributed by atoms with van der Waals surface area (Å²) in [6.07, 6.45) is 2.02. The number of rotatable bonds is 5. The number of likely N-dealkylation sites (tertiary alicyclic amines) is 1. The zero-order valence-corrected chi connectivity index (χ0v) is 19.3. The van der Waals surface area contributed by atoms with Crippen molar-refractivity contribution in [1.82, 2.24) is 4.90 Å². The van der Waals surface area contributed by atoms with E-state index in [1.54, 1.807) is 6.92 Å². The Labute approximate surface area is 195 Å². The van der Waals surface area contributed by atoms with E-state index in [4.69, 9.17) is 5.73 Å². The Hall–Kier alpha value is -3.19. The second kappa shape index (κ2) is 9.75. The molecule has 174 valence electrons. The van der Waals surface area contributed by atoms with Crippen LogP contribution in [0.2, 0.25) is 0 Å². The molecule has 4 rings (SSSR count). The number of primary amides is 1. The van der Waals surface area contributed by atoms with Gasteiger partial charge in [-0.25, -0.2) is 0 Å². The molecule has 0 unspecified atom stereocenters. The third kappa shape index (κ3) is 4.78. The lowest BCUT2D eigenvalue weighted by molar-refractivity contribution is -0.123. The molecule has 7 heteroatoms. The Kier molecular flexibility index (Phi) is 6.79. The first-order valence-electron chi connectivity index (χ1n) is 11.6. The van der Waals surface area contributed by atoms with Crippen molar-refractivity contribution in [1.29, 1.82) is 0 Å². The number of piperidine rings is 1. The number of anilines is 2. The van der Waals surface area contributed by atoms with Crippen molar-refractivity contribution in [3.63, 3.8) is 0 Å². The number of benzene rings is 2. The van der Waals surface area contributed by atoms with Crippen molar-refractivity contribution in [2.45, 2.75) is 45.2 Å². The first-order valence-corrected chi connectivity index (χ1v) is 11.6. The van der Waals surface area contributed by atoms with Gasteiger partial charge in [-0.3, -0.25) is 19.3 Å². The SMILES string of the molecule is CC(=O)N1c2ccccc2[C@H](N(C(=O)CN2CCC(C(N)=O)CC2)c2ccccc2)C[C@@H]1C. The van der Waals surface area contributed by atoms with Crippen LogP contribution in [0.5, 0.6) is 0 Å². The Bertz CT molecular complexity index is 1020. The van der Waals surface area contributed by atoms with Crippen molar-refractivity contribution in [2.24, 2.45) is 11.7 Å². The lowest BCUT2D eigenvalue weighted by Gasteiger charge is -2.44. The monoisotopic (exact) mass is 448 g/mol. The summed E-state index contributed by atoms with van der Waals surface area (Å²) >= 11 is 0. The van der Waals surface area contributed by atoms with Gasteiger partial charge >= 0.3 is 0 Å². The van der Waals surface area contributed by atoms with E-state index in [1.807, 2.05) is 71.3 Å². The van der Waals surface area contributed by atoms with E-state index < -0.39 is 0 Å². The Morgan fingerprint density at radius 2 is 1.64 bits per heavy atom. The van der Waals surface area contributed by atoms with Crippen LogP contribution in [0.1, 0.15) is 44.7 Å². The number of carbonyl (C=O) groups is 3. The topological polar surface area (TPSA) is 87.0 Å². The molecule has 0 spiro atoms. The van der Waals surface area contributed by atoms with Crippen LogP contribution >= 0.6 is 0 Å². The van der Waals surface area contributed by atoms with Crippen molar-refractivity contribution < 1.29 is 14.4 Å². The van der Waals surface area contributed by atoms with Crippen LogP contribution in [-0.2, 0) is 14.4 Å². The molecule has 1 saturated heterocycles. The molecule has 2 aliphatic heterocycles. The van der Waals surface area contributed by atoms with Gasteiger partial charge in [-0.05, 0) is 63.0 Å². The van der Waals surface area contributed by atoms with Crippen LogP contribution < -0.4 is 15.5 Å².